The first kappa shape index (κ1) is 19.5. The number of aromatic nitrogens is 2. The Morgan fingerprint density at radius 3 is 2.71 bits per heavy atom. The number of rotatable bonds is 7. The maximum Gasteiger partial charge on any atom is 0.145 e. The van der Waals surface area contributed by atoms with E-state index in [4.69, 9.17) is 15.6 Å². The fourth-order valence-corrected chi connectivity index (χ4v) is 3.31. The zero-order valence-corrected chi connectivity index (χ0v) is 16.5. The van der Waals surface area contributed by atoms with Crippen LogP contribution in [0.1, 0.15) is 11.1 Å². The van der Waals surface area contributed by atoms with Crippen LogP contribution >= 0.6 is 0 Å². The average molecular weight is 399 g/mol. The number of benzene rings is 1. The predicted molar refractivity (Wildman–Crippen MR) is 111 cm³/mol. The summed E-state index contributed by atoms with van der Waals surface area (Å²) >= 11 is 0. The maximum atomic E-state index is 12.2. The topological polar surface area (TPSA) is 133 Å². The minimum absolute atomic E-state index is 0.135. The third kappa shape index (κ3) is 3.87. The molecule has 0 bridgehead atoms. The van der Waals surface area contributed by atoms with Crippen LogP contribution in [0.15, 0.2) is 52.4 Å². The van der Waals surface area contributed by atoms with E-state index in [1.807, 2.05) is 25.1 Å². The van der Waals surface area contributed by atoms with Crippen molar-refractivity contribution in [2.75, 3.05) is 37.1 Å². The van der Waals surface area contributed by atoms with E-state index in [9.17, 15) is 4.21 Å². The van der Waals surface area contributed by atoms with E-state index < -0.39 is 11.0 Å². The molecule has 146 valence electrons. The Labute approximate surface area is 165 Å². The summed E-state index contributed by atoms with van der Waals surface area (Å²) in [5, 5.41) is 11.7. The van der Waals surface area contributed by atoms with Crippen molar-refractivity contribution >= 4 is 39.7 Å². The molecule has 0 radical (unpaired) electrons. The maximum absolute atomic E-state index is 12.2. The van der Waals surface area contributed by atoms with Crippen molar-refractivity contribution in [3.8, 4) is 0 Å². The highest BCUT2D eigenvalue weighted by Crippen LogP contribution is 2.32. The molecule has 3 aromatic rings. The lowest BCUT2D eigenvalue weighted by Crippen LogP contribution is -2.16. The summed E-state index contributed by atoms with van der Waals surface area (Å²) in [7, 11) is 4.08. The van der Waals surface area contributed by atoms with Crippen molar-refractivity contribution in [1.82, 2.24) is 14.7 Å². The molecule has 9 nitrogen and oxygen atoms in total. The summed E-state index contributed by atoms with van der Waals surface area (Å²) < 4.78 is 19.9. The number of nitrogens with two attached hydrogens (primary N) is 1. The summed E-state index contributed by atoms with van der Waals surface area (Å²) in [6, 6.07) is 7.08. The highest BCUT2D eigenvalue weighted by atomic mass is 32.2. The first-order valence-corrected chi connectivity index (χ1v) is 9.47. The van der Waals surface area contributed by atoms with Gasteiger partial charge in [-0.15, -0.1) is 0 Å². The molecule has 0 aliphatic carbocycles. The largest absolute Gasteiger partial charge is 0.472 e. The van der Waals surface area contributed by atoms with Crippen LogP contribution in [-0.4, -0.2) is 41.0 Å². The zero-order chi connectivity index (χ0) is 20.3. The van der Waals surface area contributed by atoms with E-state index in [0.717, 1.165) is 5.69 Å². The second-order valence-corrected chi connectivity index (χ2v) is 7.46. The number of anilines is 4. The van der Waals surface area contributed by atoms with Crippen LogP contribution < -0.4 is 20.7 Å². The molecular formula is C18H21N7O2S. The summed E-state index contributed by atoms with van der Waals surface area (Å²) in [6.07, 6.45) is 4.27. The molecule has 3 rings (SSSR count). The highest BCUT2D eigenvalue weighted by Gasteiger charge is 2.19. The lowest BCUT2D eigenvalue weighted by molar-refractivity contribution is 0.567. The van der Waals surface area contributed by atoms with Crippen molar-refractivity contribution in [3.05, 3.63) is 54.2 Å². The van der Waals surface area contributed by atoms with Gasteiger partial charge in [0, 0.05) is 19.7 Å². The van der Waals surface area contributed by atoms with Gasteiger partial charge in [0.2, 0.25) is 0 Å². The quantitative estimate of drug-likeness (QED) is 0.447. The van der Waals surface area contributed by atoms with E-state index in [0.29, 0.717) is 27.5 Å². The first-order chi connectivity index (χ1) is 13.4. The highest BCUT2D eigenvalue weighted by molar-refractivity contribution is 7.83. The van der Waals surface area contributed by atoms with Gasteiger partial charge in [0.05, 0.1) is 40.1 Å². The van der Waals surface area contributed by atoms with Crippen LogP contribution in [0.3, 0.4) is 0 Å². The van der Waals surface area contributed by atoms with E-state index >= 15 is 0 Å². The van der Waals surface area contributed by atoms with Crippen molar-refractivity contribution in [2.45, 2.75) is 4.90 Å². The van der Waals surface area contributed by atoms with Gasteiger partial charge in [-0.3, -0.25) is 5.41 Å². The van der Waals surface area contributed by atoms with Crippen molar-refractivity contribution in [3.63, 3.8) is 0 Å². The number of hydrogen-bond acceptors (Lipinski definition) is 8. The van der Waals surface area contributed by atoms with Crippen molar-refractivity contribution in [2.24, 2.45) is 0 Å². The van der Waals surface area contributed by atoms with Gasteiger partial charge in [-0.1, -0.05) is 0 Å². The molecule has 28 heavy (non-hydrogen) atoms. The first-order valence-electron chi connectivity index (χ1n) is 8.32. The number of nitrogen functional groups attached to an aromatic ring is 1. The summed E-state index contributed by atoms with van der Waals surface area (Å²) in [5.41, 5.74) is 8.62. The second kappa shape index (κ2) is 8.19. The van der Waals surface area contributed by atoms with Crippen LogP contribution in [0.25, 0.3) is 0 Å². The predicted octanol–water partition coefficient (Wildman–Crippen LogP) is 2.12. The van der Waals surface area contributed by atoms with Gasteiger partial charge in [0.15, 0.2) is 0 Å². The van der Waals surface area contributed by atoms with Crippen LogP contribution in [0.4, 0.5) is 23.0 Å². The Morgan fingerprint density at radius 1 is 1.29 bits per heavy atom. The van der Waals surface area contributed by atoms with E-state index in [1.54, 1.807) is 25.2 Å². The number of nitrogens with one attached hydrogen (secondary N) is 3. The van der Waals surface area contributed by atoms with Gasteiger partial charge in [-0.05, 0) is 31.3 Å². The molecule has 5 N–H and O–H groups in total. The second-order valence-electron chi connectivity index (χ2n) is 6.04. The molecule has 1 unspecified atom stereocenters. The third-order valence-electron chi connectivity index (χ3n) is 4.04. The van der Waals surface area contributed by atoms with Crippen LogP contribution in [-0.2, 0) is 11.0 Å². The van der Waals surface area contributed by atoms with Gasteiger partial charge in [0.1, 0.15) is 28.9 Å². The molecule has 0 saturated carbocycles. The summed E-state index contributed by atoms with van der Waals surface area (Å²) in [5.74, 6) is 0.541. The Balaban J connectivity index is 2.08. The normalized spacial score (nSPS) is 11.8. The minimum Gasteiger partial charge on any atom is -0.472 e. The fourth-order valence-electron chi connectivity index (χ4n) is 2.66. The summed E-state index contributed by atoms with van der Waals surface area (Å²) in [4.78, 5) is 10.8. The number of nitrogens with zero attached hydrogens (tertiary/aromatic N) is 3. The molecule has 2 heterocycles. The van der Waals surface area contributed by atoms with Crippen molar-refractivity contribution < 1.29 is 8.63 Å². The monoisotopic (exact) mass is 399 g/mol. The van der Waals surface area contributed by atoms with Crippen LogP contribution in [0.2, 0.25) is 0 Å². The molecule has 0 amide bonds. The lowest BCUT2D eigenvalue weighted by Gasteiger charge is -2.20. The van der Waals surface area contributed by atoms with Crippen molar-refractivity contribution in [1.29, 1.82) is 5.41 Å². The molecule has 1 aromatic carbocycles. The Hall–Kier alpha value is -3.24. The Kier molecular flexibility index (Phi) is 5.71. The van der Waals surface area contributed by atoms with Crippen LogP contribution in [0, 0.1) is 5.41 Å². The molecule has 1 atom stereocenters. The summed E-state index contributed by atoms with van der Waals surface area (Å²) in [6.45, 7) is 0. The van der Waals surface area contributed by atoms with E-state index in [2.05, 4.69) is 20.0 Å². The van der Waals surface area contributed by atoms with Gasteiger partial charge >= 0.3 is 0 Å². The van der Waals surface area contributed by atoms with E-state index in [-0.39, 0.29) is 11.5 Å². The Morgan fingerprint density at radius 2 is 2.07 bits per heavy atom. The molecule has 0 spiro atoms. The van der Waals surface area contributed by atoms with Crippen LogP contribution in [0.5, 0.6) is 0 Å². The SMILES string of the molecule is CNS(=O)c1ccc(N(C)C)c(Nc2ncnc(N)c2C(=N)c2ccoc2)c1. The zero-order valence-electron chi connectivity index (χ0n) is 15.7. The molecule has 0 aliphatic heterocycles. The lowest BCUT2D eigenvalue weighted by atomic mass is 10.1. The van der Waals surface area contributed by atoms with Gasteiger partial charge < -0.3 is 20.4 Å². The smallest absolute Gasteiger partial charge is 0.145 e. The van der Waals surface area contributed by atoms with Gasteiger partial charge in [-0.2, -0.15) is 0 Å². The standard InChI is InChI=1S/C18H21N7O2S/c1-21-28(26)12-4-5-14(25(2)3)13(8-12)24-18-15(17(20)22-10-23-18)16(19)11-6-7-27-9-11/h4-10,19,21H,1-3H3,(H3,20,22,23,24). The molecule has 0 aliphatic rings. The minimum atomic E-state index is -1.34. The number of hydrogen-bond donors (Lipinski definition) is 4. The molecule has 2 aromatic heterocycles. The number of furan rings is 1. The van der Waals surface area contributed by atoms with E-state index in [1.165, 1.54) is 18.9 Å². The molecular weight excluding hydrogens is 378 g/mol. The Bertz CT molecular complexity index is 1020. The van der Waals surface area contributed by atoms with Gasteiger partial charge in [-0.25, -0.2) is 18.9 Å². The third-order valence-corrected chi connectivity index (χ3v) is 5.09. The molecule has 0 fully saturated rings. The molecule has 0 saturated heterocycles. The van der Waals surface area contributed by atoms with Gasteiger partial charge in [0.25, 0.3) is 0 Å². The molecule has 10 heteroatoms. The average Bonchev–Trinajstić information content (AvgIpc) is 3.21. The fraction of sp³-hybridized carbons (Fsp3) is 0.167.